The predicted octanol–water partition coefficient (Wildman–Crippen LogP) is 6.94. The maximum atomic E-state index is 6.93. The molecule has 0 atom stereocenters. The van der Waals surface area contributed by atoms with Gasteiger partial charge in [-0.25, -0.2) is 4.68 Å². The topological polar surface area (TPSA) is 30.2 Å². The Balaban J connectivity index is 1.53. The highest BCUT2D eigenvalue weighted by atomic mass is 35.5. The normalized spacial score (nSPS) is 13.7. The summed E-state index contributed by atoms with van der Waals surface area (Å²) in [6.07, 6.45) is 3.68. The average molecular weight is 438 g/mol. The molecule has 0 aliphatic heterocycles. The molecule has 0 unspecified atom stereocenters. The van der Waals surface area contributed by atoms with Crippen molar-refractivity contribution in [1.29, 1.82) is 0 Å². The van der Waals surface area contributed by atoms with Crippen LogP contribution in [0.3, 0.4) is 0 Å². The summed E-state index contributed by atoms with van der Waals surface area (Å²) >= 11 is 6.93. The third-order valence-corrected chi connectivity index (χ3v) is 6.33. The molecule has 0 bridgehead atoms. The zero-order valence-electron chi connectivity index (χ0n) is 17.9. The molecule has 0 saturated carbocycles. The molecule has 3 nitrogen and oxygen atoms in total. The monoisotopic (exact) mass is 437 g/mol. The molecule has 4 heteroatoms. The number of aryl methyl sites for hydroxylation is 1. The van der Waals surface area contributed by atoms with Gasteiger partial charge in [-0.3, -0.25) is 4.99 Å². The molecule has 0 fully saturated rings. The van der Waals surface area contributed by atoms with Crippen molar-refractivity contribution in [2.24, 2.45) is 4.99 Å². The zero-order chi connectivity index (χ0) is 21.9. The van der Waals surface area contributed by atoms with E-state index in [1.807, 2.05) is 48.2 Å². The third kappa shape index (κ3) is 3.92. The van der Waals surface area contributed by atoms with E-state index in [1.165, 1.54) is 5.69 Å². The van der Waals surface area contributed by atoms with Gasteiger partial charge >= 0.3 is 0 Å². The van der Waals surface area contributed by atoms with Crippen molar-refractivity contribution in [3.05, 3.63) is 125 Å². The highest BCUT2D eigenvalue weighted by Gasteiger charge is 2.25. The minimum absolute atomic E-state index is 0.0658. The Morgan fingerprint density at radius 3 is 2.00 bits per heavy atom. The van der Waals surface area contributed by atoms with E-state index in [1.54, 1.807) is 0 Å². The van der Waals surface area contributed by atoms with Crippen LogP contribution in [0.4, 0.5) is 0 Å². The van der Waals surface area contributed by atoms with Crippen molar-refractivity contribution in [3.63, 3.8) is 0 Å². The molecule has 158 valence electrons. The highest BCUT2D eigenvalue weighted by Crippen LogP contribution is 2.37. The Morgan fingerprint density at radius 1 is 0.844 bits per heavy atom. The number of hydrogen-bond acceptors (Lipinski definition) is 2. The van der Waals surface area contributed by atoms with Crippen LogP contribution in [-0.4, -0.2) is 16.0 Å². The van der Waals surface area contributed by atoms with Gasteiger partial charge in [0.1, 0.15) is 0 Å². The van der Waals surface area contributed by atoms with Crippen molar-refractivity contribution < 1.29 is 0 Å². The number of halogens is 1. The predicted molar refractivity (Wildman–Crippen MR) is 133 cm³/mol. The summed E-state index contributed by atoms with van der Waals surface area (Å²) in [5.74, 6) is 0. The number of benzene rings is 3. The molecule has 32 heavy (non-hydrogen) atoms. The molecule has 4 aromatic rings. The number of allylic oxidation sites excluding steroid dienone is 1. The van der Waals surface area contributed by atoms with Crippen molar-refractivity contribution >= 4 is 22.8 Å². The van der Waals surface area contributed by atoms with Crippen LogP contribution < -0.4 is 0 Å². The molecular weight excluding hydrogens is 414 g/mol. The molecule has 3 aromatic carbocycles. The number of aliphatic imine (C=N–C) groups is 1. The summed E-state index contributed by atoms with van der Waals surface area (Å²) in [6.45, 7) is 2.03. The maximum Gasteiger partial charge on any atom is 0.0999 e. The van der Waals surface area contributed by atoms with Gasteiger partial charge in [-0.05, 0) is 48.6 Å². The van der Waals surface area contributed by atoms with E-state index < -0.39 is 0 Å². The largest absolute Gasteiger partial charge is 0.280 e. The lowest BCUT2D eigenvalue weighted by Gasteiger charge is -2.18. The fourth-order valence-electron chi connectivity index (χ4n) is 4.32. The van der Waals surface area contributed by atoms with Gasteiger partial charge < -0.3 is 0 Å². The fraction of sp³-hybridized carbons (Fsp3) is 0.143. The smallest absolute Gasteiger partial charge is 0.0999 e. The van der Waals surface area contributed by atoms with Crippen LogP contribution in [0.2, 0.25) is 0 Å². The molecule has 1 aromatic heterocycles. The molecule has 1 aliphatic rings. The van der Waals surface area contributed by atoms with Gasteiger partial charge in [0.05, 0.1) is 28.1 Å². The van der Waals surface area contributed by atoms with Crippen LogP contribution in [0.1, 0.15) is 40.5 Å². The summed E-state index contributed by atoms with van der Waals surface area (Å²) in [4.78, 5) is 5.01. The van der Waals surface area contributed by atoms with E-state index in [2.05, 4.69) is 60.7 Å². The van der Waals surface area contributed by atoms with Gasteiger partial charge in [-0.15, -0.1) is 0 Å². The molecule has 5 rings (SSSR count). The summed E-state index contributed by atoms with van der Waals surface area (Å²) in [5, 5.41) is 5.55. The second-order valence-electron chi connectivity index (χ2n) is 8.00. The Kier molecular flexibility index (Phi) is 5.74. The first-order valence-electron chi connectivity index (χ1n) is 10.9. The van der Waals surface area contributed by atoms with Crippen LogP contribution in [0.25, 0.3) is 10.7 Å². The number of aromatic nitrogens is 2. The van der Waals surface area contributed by atoms with Gasteiger partial charge in [0.2, 0.25) is 0 Å². The van der Waals surface area contributed by atoms with Gasteiger partial charge in [-0.1, -0.05) is 90.5 Å². The SMILES string of the molecule is Cc1nn(-c2ccccc2)c2c1C(Cl)=C(C=NC(c1ccccc1)c1ccccc1)CC2. The highest BCUT2D eigenvalue weighted by molar-refractivity contribution is 6.51. The molecule has 1 heterocycles. The molecule has 0 N–H and O–H groups in total. The number of hydrogen-bond donors (Lipinski definition) is 0. The quantitative estimate of drug-likeness (QED) is 0.311. The maximum absolute atomic E-state index is 6.93. The van der Waals surface area contributed by atoms with Crippen molar-refractivity contribution in [1.82, 2.24) is 9.78 Å². The van der Waals surface area contributed by atoms with E-state index in [9.17, 15) is 0 Å². The second kappa shape index (κ2) is 8.97. The van der Waals surface area contributed by atoms with Gasteiger partial charge in [0.25, 0.3) is 0 Å². The van der Waals surface area contributed by atoms with Crippen LogP contribution in [0, 0.1) is 6.92 Å². The number of fused-ring (bicyclic) bond motifs is 1. The van der Waals surface area contributed by atoms with Crippen LogP contribution in [0.5, 0.6) is 0 Å². The lowest BCUT2D eigenvalue weighted by atomic mass is 9.95. The summed E-state index contributed by atoms with van der Waals surface area (Å²) < 4.78 is 2.03. The lowest BCUT2D eigenvalue weighted by molar-refractivity contribution is 0.778. The Hall–Kier alpha value is -3.43. The Labute approximate surface area is 193 Å². The van der Waals surface area contributed by atoms with E-state index in [0.717, 1.165) is 51.5 Å². The molecule has 0 saturated heterocycles. The summed E-state index contributed by atoms with van der Waals surface area (Å²) in [7, 11) is 0. The fourth-order valence-corrected chi connectivity index (χ4v) is 4.71. The first-order valence-corrected chi connectivity index (χ1v) is 11.3. The van der Waals surface area contributed by atoms with E-state index in [-0.39, 0.29) is 6.04 Å². The van der Waals surface area contributed by atoms with E-state index in [4.69, 9.17) is 21.7 Å². The minimum Gasteiger partial charge on any atom is -0.280 e. The second-order valence-corrected chi connectivity index (χ2v) is 8.37. The molecule has 1 aliphatic carbocycles. The number of rotatable bonds is 5. The number of para-hydroxylation sites is 1. The van der Waals surface area contributed by atoms with Crippen molar-refractivity contribution in [3.8, 4) is 5.69 Å². The molecule has 0 amide bonds. The number of nitrogens with zero attached hydrogens (tertiary/aromatic N) is 3. The molecular formula is C28H24ClN3. The third-order valence-electron chi connectivity index (χ3n) is 5.90. The molecule has 0 radical (unpaired) electrons. The van der Waals surface area contributed by atoms with Gasteiger partial charge in [0.15, 0.2) is 0 Å². The standard InChI is InChI=1S/C28H24ClN3/c1-20-26-25(32(31-20)24-15-9-4-10-16-24)18-17-23(27(26)29)19-30-28(21-11-5-2-6-12-21)22-13-7-3-8-14-22/h2-16,19,28H,17-18H2,1H3. The summed E-state index contributed by atoms with van der Waals surface area (Å²) in [5.41, 5.74) is 7.60. The zero-order valence-corrected chi connectivity index (χ0v) is 18.7. The minimum atomic E-state index is -0.0658. The van der Waals surface area contributed by atoms with Crippen molar-refractivity contribution in [2.45, 2.75) is 25.8 Å². The Morgan fingerprint density at radius 2 is 1.41 bits per heavy atom. The van der Waals surface area contributed by atoms with E-state index in [0.29, 0.717) is 0 Å². The molecule has 0 spiro atoms. The van der Waals surface area contributed by atoms with Crippen LogP contribution in [-0.2, 0) is 6.42 Å². The first kappa shape index (κ1) is 20.5. The van der Waals surface area contributed by atoms with E-state index >= 15 is 0 Å². The van der Waals surface area contributed by atoms with Crippen molar-refractivity contribution in [2.75, 3.05) is 0 Å². The van der Waals surface area contributed by atoms with Crippen LogP contribution >= 0.6 is 11.6 Å². The van der Waals surface area contributed by atoms with Crippen LogP contribution in [0.15, 0.2) is 102 Å². The summed E-state index contributed by atoms with van der Waals surface area (Å²) in [6, 6.07) is 30.9. The Bertz CT molecular complexity index is 1230. The first-order chi connectivity index (χ1) is 15.7. The average Bonchev–Trinajstić information content (AvgIpc) is 3.19. The van der Waals surface area contributed by atoms with Gasteiger partial charge in [-0.2, -0.15) is 5.10 Å². The lowest BCUT2D eigenvalue weighted by Crippen LogP contribution is -2.09. The van der Waals surface area contributed by atoms with Gasteiger partial charge in [0, 0.05) is 11.8 Å².